The Morgan fingerprint density at radius 1 is 1.31 bits per heavy atom. The summed E-state index contributed by atoms with van der Waals surface area (Å²) in [5.74, 6) is -0.377. The van der Waals surface area contributed by atoms with Gasteiger partial charge in [0.1, 0.15) is 5.75 Å². The zero-order chi connectivity index (χ0) is 12.1. The molecule has 0 amide bonds. The summed E-state index contributed by atoms with van der Waals surface area (Å²) in [5, 5.41) is 10.2. The van der Waals surface area contributed by atoms with Crippen molar-refractivity contribution in [3.05, 3.63) is 39.8 Å². The minimum Gasteiger partial charge on any atom is -0.496 e. The lowest BCUT2D eigenvalue weighted by molar-refractivity contribution is -0.400. The van der Waals surface area contributed by atoms with Gasteiger partial charge in [0.15, 0.2) is 11.6 Å². The molecule has 0 fully saturated rings. The fourth-order valence-corrected chi connectivity index (χ4v) is 1.16. The normalized spacial score (nSPS) is 10.4. The summed E-state index contributed by atoms with van der Waals surface area (Å²) in [4.78, 5) is 9.55. The number of hydrogen-bond acceptors (Lipinski definition) is 4. The largest absolute Gasteiger partial charge is 0.496 e. The van der Waals surface area contributed by atoms with Crippen LogP contribution in [0.3, 0.4) is 0 Å². The van der Waals surface area contributed by atoms with Crippen molar-refractivity contribution in [2.45, 2.75) is 0 Å². The predicted octanol–water partition coefficient (Wildman–Crippen LogP) is 2.09. The van der Waals surface area contributed by atoms with E-state index in [2.05, 4.69) is 0 Å². The number of hydrogen-bond donors (Lipinski definition) is 0. The van der Waals surface area contributed by atoms with Crippen LogP contribution in [0.5, 0.6) is 11.5 Å². The molecule has 0 bridgehead atoms. The molecule has 0 spiro atoms. The summed E-state index contributed by atoms with van der Waals surface area (Å²) in [6.07, 6.45) is 1.95. The lowest BCUT2D eigenvalue weighted by atomic mass is 10.2. The molecule has 0 aliphatic rings. The third-order valence-corrected chi connectivity index (χ3v) is 1.88. The molecule has 1 rings (SSSR count). The molecule has 0 N–H and O–H groups in total. The van der Waals surface area contributed by atoms with E-state index < -0.39 is 10.7 Å². The van der Waals surface area contributed by atoms with Crippen molar-refractivity contribution < 1.29 is 18.8 Å². The van der Waals surface area contributed by atoms with Crippen LogP contribution in [0.2, 0.25) is 0 Å². The Kier molecular flexibility index (Phi) is 3.82. The Balaban J connectivity index is 3.19. The molecule has 0 unspecified atom stereocenters. The van der Waals surface area contributed by atoms with Gasteiger partial charge in [-0.3, -0.25) is 10.1 Å². The molecule has 0 heterocycles. The second-order valence-corrected chi connectivity index (χ2v) is 2.83. The topological polar surface area (TPSA) is 61.6 Å². The first-order valence-corrected chi connectivity index (χ1v) is 4.31. The Morgan fingerprint density at radius 3 is 2.44 bits per heavy atom. The van der Waals surface area contributed by atoms with Crippen molar-refractivity contribution in [3.8, 4) is 11.5 Å². The Morgan fingerprint density at radius 2 is 1.94 bits per heavy atom. The van der Waals surface area contributed by atoms with Gasteiger partial charge in [-0.25, -0.2) is 4.39 Å². The van der Waals surface area contributed by atoms with E-state index in [-0.39, 0.29) is 11.5 Å². The number of halogens is 1. The van der Waals surface area contributed by atoms with Gasteiger partial charge in [0.25, 0.3) is 0 Å². The lowest BCUT2D eigenvalue weighted by Crippen LogP contribution is -1.94. The first-order chi connectivity index (χ1) is 7.58. The van der Waals surface area contributed by atoms with Crippen molar-refractivity contribution in [2.24, 2.45) is 0 Å². The molecular weight excluding hydrogens is 217 g/mol. The number of nitrogens with zero attached hydrogens (tertiary/aromatic N) is 1. The highest BCUT2D eigenvalue weighted by Crippen LogP contribution is 2.28. The van der Waals surface area contributed by atoms with Gasteiger partial charge in [-0.05, 0) is 6.07 Å². The lowest BCUT2D eigenvalue weighted by Gasteiger charge is -2.07. The van der Waals surface area contributed by atoms with Crippen LogP contribution in [0.4, 0.5) is 4.39 Å². The SMILES string of the molecule is COc1cc(C=C[N+](=O)[O-])c(OC)cc1F. The zero-order valence-electron chi connectivity index (χ0n) is 8.77. The van der Waals surface area contributed by atoms with Gasteiger partial charge in [-0.15, -0.1) is 0 Å². The molecule has 0 aromatic heterocycles. The highest BCUT2D eigenvalue weighted by molar-refractivity contribution is 5.59. The van der Waals surface area contributed by atoms with E-state index in [1.54, 1.807) is 0 Å². The van der Waals surface area contributed by atoms with E-state index in [4.69, 9.17) is 9.47 Å². The van der Waals surface area contributed by atoms with E-state index in [0.717, 1.165) is 12.3 Å². The molecule has 1 aromatic rings. The third kappa shape index (κ3) is 2.69. The van der Waals surface area contributed by atoms with Crippen molar-refractivity contribution in [3.63, 3.8) is 0 Å². The molecule has 1 aromatic carbocycles. The number of rotatable bonds is 4. The van der Waals surface area contributed by atoms with Crippen LogP contribution in [-0.4, -0.2) is 19.1 Å². The van der Waals surface area contributed by atoms with Crippen LogP contribution in [0.25, 0.3) is 6.08 Å². The Hall–Kier alpha value is -2.11. The van der Waals surface area contributed by atoms with Crippen molar-refractivity contribution in [1.82, 2.24) is 0 Å². The summed E-state index contributed by atoms with van der Waals surface area (Å²) in [7, 11) is 2.66. The first-order valence-electron chi connectivity index (χ1n) is 4.31. The van der Waals surface area contributed by atoms with Crippen LogP contribution >= 0.6 is 0 Å². The molecule has 0 saturated carbocycles. The van der Waals surface area contributed by atoms with Gasteiger partial charge in [0.05, 0.1) is 19.1 Å². The highest BCUT2D eigenvalue weighted by atomic mass is 19.1. The summed E-state index contributed by atoms with van der Waals surface area (Å²) >= 11 is 0. The number of benzene rings is 1. The molecule has 0 aliphatic heterocycles. The number of methoxy groups -OCH3 is 2. The summed E-state index contributed by atoms with van der Waals surface area (Å²) in [6.45, 7) is 0. The number of ether oxygens (including phenoxy) is 2. The van der Waals surface area contributed by atoms with Crippen LogP contribution < -0.4 is 9.47 Å². The maximum absolute atomic E-state index is 13.3. The van der Waals surface area contributed by atoms with Crippen molar-refractivity contribution >= 4 is 6.08 Å². The average Bonchev–Trinajstić information content (AvgIpc) is 2.26. The first kappa shape index (κ1) is 12.0. The van der Waals surface area contributed by atoms with E-state index >= 15 is 0 Å². The minimum atomic E-state index is -0.616. The van der Waals surface area contributed by atoms with Crippen molar-refractivity contribution in [1.29, 1.82) is 0 Å². The molecule has 0 aliphatic carbocycles. The standard InChI is InChI=1S/C10H10FNO4/c1-15-9-6-8(11)10(16-2)5-7(9)3-4-12(13)14/h3-6H,1-2H3. The average molecular weight is 227 g/mol. The van der Waals surface area contributed by atoms with Crippen LogP contribution in [0.15, 0.2) is 18.3 Å². The Labute approximate surface area is 91.2 Å². The van der Waals surface area contributed by atoms with E-state index in [1.165, 1.54) is 26.4 Å². The second-order valence-electron chi connectivity index (χ2n) is 2.83. The fourth-order valence-electron chi connectivity index (χ4n) is 1.16. The van der Waals surface area contributed by atoms with Crippen LogP contribution in [0, 0.1) is 15.9 Å². The van der Waals surface area contributed by atoms with E-state index in [0.29, 0.717) is 5.56 Å². The predicted molar refractivity (Wildman–Crippen MR) is 55.5 cm³/mol. The highest BCUT2D eigenvalue weighted by Gasteiger charge is 2.09. The zero-order valence-corrected chi connectivity index (χ0v) is 8.77. The van der Waals surface area contributed by atoms with E-state index in [9.17, 15) is 14.5 Å². The number of nitro groups is 1. The maximum atomic E-state index is 13.3. The van der Waals surface area contributed by atoms with Crippen LogP contribution in [0.1, 0.15) is 5.56 Å². The van der Waals surface area contributed by atoms with E-state index in [1.807, 2.05) is 0 Å². The van der Waals surface area contributed by atoms with Gasteiger partial charge in [-0.2, -0.15) is 0 Å². The smallest absolute Gasteiger partial charge is 0.235 e. The minimum absolute atomic E-state index is 0.00352. The van der Waals surface area contributed by atoms with Gasteiger partial charge >= 0.3 is 0 Å². The molecule has 0 radical (unpaired) electrons. The molecule has 6 heteroatoms. The maximum Gasteiger partial charge on any atom is 0.235 e. The summed E-state index contributed by atoms with van der Waals surface area (Å²) in [6, 6.07) is 2.44. The summed E-state index contributed by atoms with van der Waals surface area (Å²) in [5.41, 5.74) is 0.373. The van der Waals surface area contributed by atoms with Crippen LogP contribution in [-0.2, 0) is 0 Å². The monoisotopic (exact) mass is 227 g/mol. The fraction of sp³-hybridized carbons (Fsp3) is 0.200. The summed E-state index contributed by atoms with van der Waals surface area (Å²) < 4.78 is 22.9. The molecular formula is C10H10FNO4. The van der Waals surface area contributed by atoms with Crippen molar-refractivity contribution in [2.75, 3.05) is 14.2 Å². The van der Waals surface area contributed by atoms with Gasteiger partial charge in [0, 0.05) is 17.7 Å². The third-order valence-electron chi connectivity index (χ3n) is 1.88. The Bertz CT molecular complexity index is 431. The molecule has 16 heavy (non-hydrogen) atoms. The molecule has 0 atom stereocenters. The van der Waals surface area contributed by atoms with Gasteiger partial charge < -0.3 is 9.47 Å². The van der Waals surface area contributed by atoms with Gasteiger partial charge in [-0.1, -0.05) is 0 Å². The molecule has 5 nitrogen and oxygen atoms in total. The molecule has 86 valence electrons. The molecule has 0 saturated heterocycles. The quantitative estimate of drug-likeness (QED) is 0.583. The van der Waals surface area contributed by atoms with Gasteiger partial charge in [0.2, 0.25) is 6.20 Å². The second kappa shape index (κ2) is 5.11.